The van der Waals surface area contributed by atoms with Crippen LogP contribution in [-0.4, -0.2) is 9.97 Å². The second-order valence-corrected chi connectivity index (χ2v) is 2.95. The van der Waals surface area contributed by atoms with Gasteiger partial charge in [-0.3, -0.25) is 0 Å². The molecule has 2 aromatic rings. The average Bonchev–Trinajstić information content (AvgIpc) is 2.30. The lowest BCUT2D eigenvalue weighted by Crippen LogP contribution is -1.71. The first-order valence-corrected chi connectivity index (χ1v) is 3.74. The van der Waals surface area contributed by atoms with Gasteiger partial charge in [0.1, 0.15) is 1.37 Å². The van der Waals surface area contributed by atoms with Gasteiger partial charge in [0.2, 0.25) is 0 Å². The van der Waals surface area contributed by atoms with Crippen molar-refractivity contribution in [2.45, 2.75) is 0 Å². The zero-order valence-electron chi connectivity index (χ0n) is 6.36. The molecule has 1 aromatic heterocycles. The molecule has 1 aromatic carbocycles. The predicted octanol–water partition coefficient (Wildman–Crippen LogP) is 2.87. The monoisotopic (exact) mass is 187 g/mol. The molecule has 0 fully saturated rings. The minimum Gasteiger partial charge on any atom is -0.345 e. The van der Waals surface area contributed by atoms with Crippen molar-refractivity contribution in [1.29, 1.82) is 0 Å². The Labute approximate surface area is 74.6 Å². The minimum absolute atomic E-state index is 0.114. The summed E-state index contributed by atoms with van der Waals surface area (Å²) in [6.07, 6.45) is 0.114. The number of rotatable bonds is 0. The van der Waals surface area contributed by atoms with Gasteiger partial charge >= 0.3 is 0 Å². The number of nitrogens with one attached hydrogen (secondary N) is 1. The number of H-pyrrole nitrogens is 1. The van der Waals surface area contributed by atoms with Crippen molar-refractivity contribution >= 4 is 34.2 Å². The third kappa shape index (κ3) is 1.08. The lowest BCUT2D eigenvalue weighted by Gasteiger charge is -1.93. The summed E-state index contributed by atoms with van der Waals surface area (Å²) < 4.78 is 7.21. The molecule has 2 rings (SSSR count). The van der Waals surface area contributed by atoms with Gasteiger partial charge in [-0.05, 0) is 12.1 Å². The quantitative estimate of drug-likeness (QED) is 0.676. The fourth-order valence-corrected chi connectivity index (χ4v) is 1.20. The smallest absolute Gasteiger partial charge is 0.104 e. The molecule has 0 saturated carbocycles. The Morgan fingerprint density at radius 3 is 2.91 bits per heavy atom. The lowest BCUT2D eigenvalue weighted by molar-refractivity contribution is 1.34. The van der Waals surface area contributed by atoms with Crippen LogP contribution in [0.15, 0.2) is 18.4 Å². The van der Waals surface area contributed by atoms with E-state index in [1.54, 1.807) is 12.1 Å². The van der Waals surface area contributed by atoms with Crippen LogP contribution in [0.3, 0.4) is 0 Å². The molecule has 0 atom stereocenters. The molecule has 1 N–H and O–H groups in total. The zero-order chi connectivity index (χ0) is 8.72. The van der Waals surface area contributed by atoms with Crippen LogP contribution in [0.2, 0.25) is 10.0 Å². The summed E-state index contributed by atoms with van der Waals surface area (Å²) >= 11 is 11.5. The van der Waals surface area contributed by atoms with E-state index in [1.165, 1.54) is 0 Å². The molecule has 56 valence electrons. The van der Waals surface area contributed by atoms with Crippen LogP contribution >= 0.6 is 23.2 Å². The van der Waals surface area contributed by atoms with Gasteiger partial charge in [-0.1, -0.05) is 23.2 Å². The maximum Gasteiger partial charge on any atom is 0.104 e. The predicted molar refractivity (Wildman–Crippen MR) is 46.1 cm³/mol. The molecular weight excluding hydrogens is 183 g/mol. The van der Waals surface area contributed by atoms with Crippen molar-refractivity contribution in [3.63, 3.8) is 0 Å². The molecule has 0 unspecified atom stereocenters. The van der Waals surface area contributed by atoms with E-state index in [1.807, 2.05) is 0 Å². The Balaban J connectivity index is 2.83. The molecule has 0 aliphatic heterocycles. The number of aromatic amines is 1. The summed E-state index contributed by atoms with van der Waals surface area (Å²) in [7, 11) is 0. The van der Waals surface area contributed by atoms with E-state index in [2.05, 4.69) is 9.97 Å². The first-order valence-electron chi connectivity index (χ1n) is 3.48. The Bertz CT molecular complexity index is 399. The van der Waals surface area contributed by atoms with Crippen molar-refractivity contribution in [1.82, 2.24) is 9.97 Å². The van der Waals surface area contributed by atoms with Gasteiger partial charge in [0.05, 0.1) is 27.4 Å². The largest absolute Gasteiger partial charge is 0.345 e. The highest BCUT2D eigenvalue weighted by molar-refractivity contribution is 6.42. The van der Waals surface area contributed by atoms with Gasteiger partial charge in [0, 0.05) is 0 Å². The van der Waals surface area contributed by atoms with E-state index in [9.17, 15) is 0 Å². The molecule has 0 aliphatic carbocycles. The van der Waals surface area contributed by atoms with Crippen LogP contribution in [0, 0.1) is 0 Å². The molecule has 4 heteroatoms. The lowest BCUT2D eigenvalue weighted by atomic mass is 10.3. The molecule has 0 amide bonds. The Hall–Kier alpha value is -0.730. The number of hydrogen-bond donors (Lipinski definition) is 1. The highest BCUT2D eigenvalue weighted by Crippen LogP contribution is 2.25. The van der Waals surface area contributed by atoms with Crippen LogP contribution in [0.5, 0.6) is 0 Å². The average molecular weight is 188 g/mol. The highest BCUT2D eigenvalue weighted by Gasteiger charge is 2.01. The number of benzene rings is 1. The SMILES string of the molecule is [2H]c1nc2cc(Cl)c(Cl)cc2[nH]1. The van der Waals surface area contributed by atoms with Crippen LogP contribution < -0.4 is 0 Å². The Morgan fingerprint density at radius 1 is 1.36 bits per heavy atom. The standard InChI is InChI=1S/C7H4Cl2N2/c8-4-1-6-7(2-5(4)9)11-3-10-6/h1-3H,(H,10,11)/i3D. The van der Waals surface area contributed by atoms with E-state index in [0.29, 0.717) is 15.6 Å². The minimum atomic E-state index is 0.114. The Morgan fingerprint density at radius 2 is 2.09 bits per heavy atom. The topological polar surface area (TPSA) is 28.7 Å². The first kappa shape index (κ1) is 5.86. The maximum absolute atomic E-state index is 7.21. The molecule has 0 saturated heterocycles. The number of fused-ring (bicyclic) bond motifs is 1. The van der Waals surface area contributed by atoms with Gasteiger partial charge in [0.15, 0.2) is 0 Å². The van der Waals surface area contributed by atoms with Crippen molar-refractivity contribution in [3.8, 4) is 0 Å². The van der Waals surface area contributed by atoms with E-state index in [4.69, 9.17) is 24.6 Å². The second-order valence-electron chi connectivity index (χ2n) is 2.13. The number of hydrogen-bond acceptors (Lipinski definition) is 1. The first-order chi connectivity index (χ1) is 5.66. The molecule has 2 nitrogen and oxygen atoms in total. The number of aromatic nitrogens is 2. The molecule has 0 aliphatic rings. The Kier molecular flexibility index (Phi) is 1.28. The van der Waals surface area contributed by atoms with Crippen molar-refractivity contribution in [3.05, 3.63) is 28.5 Å². The number of nitrogens with zero attached hydrogens (tertiary/aromatic N) is 1. The fraction of sp³-hybridized carbons (Fsp3) is 0. The van der Waals surface area contributed by atoms with Crippen LogP contribution in [-0.2, 0) is 0 Å². The van der Waals surface area contributed by atoms with Gasteiger partial charge < -0.3 is 4.98 Å². The fourth-order valence-electron chi connectivity index (χ4n) is 0.877. The molecule has 0 spiro atoms. The van der Waals surface area contributed by atoms with Crippen LogP contribution in [0.25, 0.3) is 11.0 Å². The van der Waals surface area contributed by atoms with Crippen LogP contribution in [0.4, 0.5) is 0 Å². The van der Waals surface area contributed by atoms with Crippen LogP contribution in [0.1, 0.15) is 1.37 Å². The van der Waals surface area contributed by atoms with E-state index in [0.717, 1.165) is 5.52 Å². The number of imidazole rings is 1. The summed E-state index contributed by atoms with van der Waals surface area (Å²) in [5.41, 5.74) is 1.39. The third-order valence-electron chi connectivity index (χ3n) is 1.41. The summed E-state index contributed by atoms with van der Waals surface area (Å²) in [5, 5.41) is 0.920. The van der Waals surface area contributed by atoms with Gasteiger partial charge in [-0.2, -0.15) is 0 Å². The molecule has 0 radical (unpaired) electrons. The van der Waals surface area contributed by atoms with Gasteiger partial charge in [-0.25, -0.2) is 4.98 Å². The zero-order valence-corrected chi connectivity index (χ0v) is 6.87. The van der Waals surface area contributed by atoms with Gasteiger partial charge in [0.25, 0.3) is 0 Å². The summed E-state index contributed by atoms with van der Waals surface area (Å²) in [6.45, 7) is 0. The summed E-state index contributed by atoms with van der Waals surface area (Å²) in [6, 6.07) is 3.29. The van der Waals surface area contributed by atoms with E-state index in [-0.39, 0.29) is 6.30 Å². The van der Waals surface area contributed by atoms with E-state index < -0.39 is 0 Å². The second kappa shape index (κ2) is 2.40. The van der Waals surface area contributed by atoms with E-state index >= 15 is 0 Å². The van der Waals surface area contributed by atoms with Crippen molar-refractivity contribution < 1.29 is 1.37 Å². The number of halogens is 2. The molecule has 1 heterocycles. The maximum atomic E-state index is 7.21. The summed E-state index contributed by atoms with van der Waals surface area (Å²) in [5.74, 6) is 0. The molecular formula is C7H4Cl2N2. The van der Waals surface area contributed by atoms with Crippen molar-refractivity contribution in [2.75, 3.05) is 0 Å². The van der Waals surface area contributed by atoms with Crippen molar-refractivity contribution in [2.24, 2.45) is 0 Å². The molecule has 0 bridgehead atoms. The highest BCUT2D eigenvalue weighted by atomic mass is 35.5. The normalized spacial score (nSPS) is 12.0. The summed E-state index contributed by atoms with van der Waals surface area (Å²) in [4.78, 5) is 6.62. The molecule has 11 heavy (non-hydrogen) atoms. The van der Waals surface area contributed by atoms with Gasteiger partial charge in [-0.15, -0.1) is 0 Å². The third-order valence-corrected chi connectivity index (χ3v) is 2.13.